The monoisotopic (exact) mass is 326 g/mol. The Morgan fingerprint density at radius 3 is 2.70 bits per heavy atom. The van der Waals surface area contributed by atoms with Crippen LogP contribution < -0.4 is 10.2 Å². The van der Waals surface area contributed by atoms with Gasteiger partial charge in [-0.1, -0.05) is 18.2 Å². The number of benzene rings is 2. The second kappa shape index (κ2) is 6.87. The number of hydrogen-bond donors (Lipinski definition) is 1. The Bertz CT molecular complexity index is 731. The van der Waals surface area contributed by atoms with Gasteiger partial charge in [-0.2, -0.15) is 0 Å². The van der Waals surface area contributed by atoms with E-state index in [2.05, 4.69) is 5.32 Å². The first-order chi connectivity index (χ1) is 11.1. The predicted molar refractivity (Wildman–Crippen MR) is 94.0 cm³/mol. The summed E-state index contributed by atoms with van der Waals surface area (Å²) in [5, 5.41) is 2.92. The lowest BCUT2D eigenvalue weighted by molar-refractivity contribution is -0.116. The molecule has 3 rings (SSSR count). The average molecular weight is 326 g/mol. The number of nitrogens with one attached hydrogen (secondary N) is 1. The molecule has 118 valence electrons. The largest absolute Gasteiger partial charge is 0.325 e. The molecule has 1 aliphatic rings. The van der Waals surface area contributed by atoms with Gasteiger partial charge in [-0.15, -0.1) is 11.8 Å². The first-order valence-corrected chi connectivity index (χ1v) is 8.51. The van der Waals surface area contributed by atoms with Gasteiger partial charge in [0.1, 0.15) is 0 Å². The highest BCUT2D eigenvalue weighted by atomic mass is 32.2. The van der Waals surface area contributed by atoms with E-state index in [-0.39, 0.29) is 11.8 Å². The number of anilines is 2. The number of amides is 2. The maximum absolute atomic E-state index is 12.1. The third-order valence-corrected chi connectivity index (χ3v) is 4.76. The van der Waals surface area contributed by atoms with Crippen LogP contribution in [0, 0.1) is 0 Å². The molecular formula is C18H18N2O2S. The molecule has 2 aromatic carbocycles. The van der Waals surface area contributed by atoms with Gasteiger partial charge in [0.05, 0.1) is 5.75 Å². The lowest BCUT2D eigenvalue weighted by atomic mass is 10.1. The van der Waals surface area contributed by atoms with Crippen LogP contribution in [0.25, 0.3) is 0 Å². The lowest BCUT2D eigenvalue weighted by Gasteiger charge is -2.15. The molecule has 0 saturated heterocycles. The SMILES string of the molecule is CC(=O)N1CCc2cc(NC(=O)CSc3ccccc3)ccc21. The molecule has 2 amide bonds. The zero-order valence-corrected chi connectivity index (χ0v) is 13.7. The summed E-state index contributed by atoms with van der Waals surface area (Å²) in [7, 11) is 0. The predicted octanol–water partition coefficient (Wildman–Crippen LogP) is 3.33. The number of carbonyl (C=O) groups excluding carboxylic acids is 2. The van der Waals surface area contributed by atoms with Crippen molar-refractivity contribution in [1.29, 1.82) is 0 Å². The number of hydrogen-bond acceptors (Lipinski definition) is 3. The minimum atomic E-state index is -0.0276. The maximum atomic E-state index is 12.1. The van der Waals surface area contributed by atoms with Crippen molar-refractivity contribution >= 4 is 35.0 Å². The van der Waals surface area contributed by atoms with Gasteiger partial charge in [0.15, 0.2) is 0 Å². The van der Waals surface area contributed by atoms with Gasteiger partial charge in [-0.05, 0) is 42.3 Å². The smallest absolute Gasteiger partial charge is 0.234 e. The van der Waals surface area contributed by atoms with E-state index in [1.807, 2.05) is 48.5 Å². The quantitative estimate of drug-likeness (QED) is 0.877. The number of rotatable bonds is 4. The summed E-state index contributed by atoms with van der Waals surface area (Å²) in [5.41, 5.74) is 2.84. The standard InChI is InChI=1S/C18H18N2O2S/c1-13(21)20-10-9-14-11-15(7-8-17(14)20)19-18(22)12-23-16-5-3-2-4-6-16/h2-8,11H,9-10,12H2,1H3,(H,19,22). The normalized spacial score (nSPS) is 12.8. The number of nitrogens with zero attached hydrogens (tertiary/aromatic N) is 1. The molecule has 0 spiro atoms. The van der Waals surface area contributed by atoms with Crippen molar-refractivity contribution < 1.29 is 9.59 Å². The van der Waals surface area contributed by atoms with Crippen LogP contribution in [-0.4, -0.2) is 24.1 Å². The summed E-state index contributed by atoms with van der Waals surface area (Å²) < 4.78 is 0. The van der Waals surface area contributed by atoms with E-state index < -0.39 is 0 Å². The van der Waals surface area contributed by atoms with Gasteiger partial charge in [-0.25, -0.2) is 0 Å². The van der Waals surface area contributed by atoms with E-state index in [1.165, 1.54) is 11.8 Å². The molecule has 0 unspecified atom stereocenters. The van der Waals surface area contributed by atoms with Crippen molar-refractivity contribution in [2.24, 2.45) is 0 Å². The minimum Gasteiger partial charge on any atom is -0.325 e. The fourth-order valence-corrected chi connectivity index (χ4v) is 3.39. The highest BCUT2D eigenvalue weighted by Crippen LogP contribution is 2.30. The molecule has 0 aromatic heterocycles. The molecule has 0 radical (unpaired) electrons. The fraction of sp³-hybridized carbons (Fsp3) is 0.222. The zero-order chi connectivity index (χ0) is 16.2. The molecule has 1 aliphatic heterocycles. The second-order valence-electron chi connectivity index (χ2n) is 5.41. The van der Waals surface area contributed by atoms with Gasteiger partial charge in [0.25, 0.3) is 0 Å². The Balaban J connectivity index is 1.60. The summed E-state index contributed by atoms with van der Waals surface area (Å²) in [6.07, 6.45) is 0.831. The van der Waals surface area contributed by atoms with Crippen molar-refractivity contribution in [3.8, 4) is 0 Å². The Hall–Kier alpha value is -2.27. The second-order valence-corrected chi connectivity index (χ2v) is 6.46. The first kappa shape index (κ1) is 15.6. The summed E-state index contributed by atoms with van der Waals surface area (Å²) in [6, 6.07) is 15.6. The highest BCUT2D eigenvalue weighted by Gasteiger charge is 2.22. The van der Waals surface area contributed by atoms with Crippen molar-refractivity contribution in [3.63, 3.8) is 0 Å². The zero-order valence-electron chi connectivity index (χ0n) is 12.9. The number of thioether (sulfide) groups is 1. The molecule has 23 heavy (non-hydrogen) atoms. The molecule has 4 nitrogen and oxygen atoms in total. The highest BCUT2D eigenvalue weighted by molar-refractivity contribution is 8.00. The van der Waals surface area contributed by atoms with E-state index in [0.717, 1.165) is 28.3 Å². The van der Waals surface area contributed by atoms with Crippen LogP contribution in [-0.2, 0) is 16.0 Å². The molecule has 2 aromatic rings. The number of carbonyl (C=O) groups is 2. The van der Waals surface area contributed by atoms with E-state index in [1.54, 1.807) is 11.8 Å². The summed E-state index contributed by atoms with van der Waals surface area (Å²) >= 11 is 1.51. The minimum absolute atomic E-state index is 0.0276. The van der Waals surface area contributed by atoms with Gasteiger partial charge in [-0.3, -0.25) is 9.59 Å². The first-order valence-electron chi connectivity index (χ1n) is 7.52. The van der Waals surface area contributed by atoms with E-state index in [0.29, 0.717) is 12.3 Å². The Kier molecular flexibility index (Phi) is 4.67. The summed E-state index contributed by atoms with van der Waals surface area (Å²) in [6.45, 7) is 2.29. The van der Waals surface area contributed by atoms with Gasteiger partial charge in [0, 0.05) is 29.7 Å². The third-order valence-electron chi connectivity index (χ3n) is 3.75. The Morgan fingerprint density at radius 2 is 1.96 bits per heavy atom. The Morgan fingerprint density at radius 1 is 1.17 bits per heavy atom. The number of fused-ring (bicyclic) bond motifs is 1. The average Bonchev–Trinajstić information content (AvgIpc) is 2.97. The molecule has 1 N–H and O–H groups in total. The molecule has 0 atom stereocenters. The van der Waals surface area contributed by atoms with Crippen LogP contribution in [0.3, 0.4) is 0 Å². The van der Waals surface area contributed by atoms with E-state index >= 15 is 0 Å². The summed E-state index contributed by atoms with van der Waals surface area (Å²) in [4.78, 5) is 26.5. The van der Waals surface area contributed by atoms with Crippen LogP contribution in [0.15, 0.2) is 53.4 Å². The van der Waals surface area contributed by atoms with Crippen molar-refractivity contribution in [3.05, 3.63) is 54.1 Å². The third kappa shape index (κ3) is 3.74. The van der Waals surface area contributed by atoms with Gasteiger partial charge in [0.2, 0.25) is 11.8 Å². The lowest BCUT2D eigenvalue weighted by Crippen LogP contribution is -2.25. The van der Waals surface area contributed by atoms with Crippen LogP contribution in [0.5, 0.6) is 0 Å². The topological polar surface area (TPSA) is 49.4 Å². The van der Waals surface area contributed by atoms with Crippen molar-refractivity contribution in [2.75, 3.05) is 22.5 Å². The Labute approximate surface area is 139 Å². The maximum Gasteiger partial charge on any atom is 0.234 e. The van der Waals surface area contributed by atoms with Crippen molar-refractivity contribution in [2.45, 2.75) is 18.2 Å². The van der Waals surface area contributed by atoms with Crippen molar-refractivity contribution in [1.82, 2.24) is 0 Å². The molecule has 1 heterocycles. The molecule has 0 fully saturated rings. The molecular weight excluding hydrogens is 308 g/mol. The van der Waals surface area contributed by atoms with Gasteiger partial charge >= 0.3 is 0 Å². The van der Waals surface area contributed by atoms with Gasteiger partial charge < -0.3 is 10.2 Å². The van der Waals surface area contributed by atoms with E-state index in [4.69, 9.17) is 0 Å². The van der Waals surface area contributed by atoms with Crippen LogP contribution >= 0.6 is 11.8 Å². The molecule has 0 saturated carbocycles. The fourth-order valence-electron chi connectivity index (χ4n) is 2.67. The molecule has 0 bridgehead atoms. The summed E-state index contributed by atoms with van der Waals surface area (Å²) in [5.74, 6) is 0.403. The molecule has 0 aliphatic carbocycles. The molecule has 5 heteroatoms. The van der Waals surface area contributed by atoms with Crippen LogP contribution in [0.2, 0.25) is 0 Å². The van der Waals surface area contributed by atoms with Crippen LogP contribution in [0.1, 0.15) is 12.5 Å². The van der Waals surface area contributed by atoms with E-state index in [9.17, 15) is 9.59 Å². The van der Waals surface area contributed by atoms with Crippen LogP contribution in [0.4, 0.5) is 11.4 Å².